The van der Waals surface area contributed by atoms with Crippen LogP contribution in [0.2, 0.25) is 10.0 Å². The van der Waals surface area contributed by atoms with Gasteiger partial charge in [0.25, 0.3) is 23.4 Å². The zero-order chi connectivity index (χ0) is 26.3. The van der Waals surface area contributed by atoms with Crippen molar-refractivity contribution in [1.82, 2.24) is 10.0 Å². The van der Waals surface area contributed by atoms with E-state index in [-0.39, 0.29) is 36.5 Å². The van der Waals surface area contributed by atoms with Crippen LogP contribution >= 0.6 is 55.1 Å². The normalized spacial score (nSPS) is 23.4. The SMILES string of the molecule is O=C(CN(C(=O)c1ccc(Cl)cc1Cl)N1C(=O)[C@@H]2C[C@H](Br)[C@@H](Br)C[C@H]2C1=O)c1cccc([N+](=O)[O-])c1. The van der Waals surface area contributed by atoms with Crippen molar-refractivity contribution >= 4 is 84.3 Å². The first-order valence-corrected chi connectivity index (χ1v) is 13.3. The molecular formula is C23H17Br2Cl2N3O6. The molecule has 0 radical (unpaired) electrons. The molecule has 1 saturated heterocycles. The molecule has 1 aliphatic heterocycles. The van der Waals surface area contributed by atoms with Gasteiger partial charge in [-0.05, 0) is 31.0 Å². The molecule has 2 aromatic rings. The number of Topliss-reactive ketones (excluding diaryl/α,β-unsaturated/α-hetero) is 1. The zero-order valence-electron chi connectivity index (χ0n) is 18.3. The molecule has 188 valence electrons. The van der Waals surface area contributed by atoms with Gasteiger partial charge in [-0.15, -0.1) is 0 Å². The summed E-state index contributed by atoms with van der Waals surface area (Å²) in [4.78, 5) is 63.9. The Morgan fingerprint density at radius 2 is 1.64 bits per heavy atom. The van der Waals surface area contributed by atoms with Gasteiger partial charge in [0.2, 0.25) is 0 Å². The van der Waals surface area contributed by atoms with Gasteiger partial charge in [0.15, 0.2) is 5.78 Å². The van der Waals surface area contributed by atoms with Crippen molar-refractivity contribution in [3.63, 3.8) is 0 Å². The lowest BCUT2D eigenvalue weighted by atomic mass is 9.81. The Morgan fingerprint density at radius 1 is 1.03 bits per heavy atom. The molecule has 4 atom stereocenters. The molecule has 2 fully saturated rings. The summed E-state index contributed by atoms with van der Waals surface area (Å²) in [7, 11) is 0. The van der Waals surface area contributed by atoms with E-state index < -0.39 is 46.8 Å². The lowest BCUT2D eigenvalue weighted by Gasteiger charge is -2.30. The number of alkyl halides is 2. The number of rotatable bonds is 6. The highest BCUT2D eigenvalue weighted by molar-refractivity contribution is 9.12. The Balaban J connectivity index is 1.73. The molecule has 2 aromatic carbocycles. The molecule has 4 rings (SSSR count). The second-order valence-corrected chi connectivity index (χ2v) is 11.6. The van der Waals surface area contributed by atoms with Gasteiger partial charge in [0.05, 0.1) is 27.3 Å². The molecule has 0 unspecified atom stereocenters. The maximum Gasteiger partial charge on any atom is 0.274 e. The highest BCUT2D eigenvalue weighted by Gasteiger charge is 2.54. The Kier molecular flexibility index (Phi) is 7.84. The van der Waals surface area contributed by atoms with Crippen molar-refractivity contribution < 1.29 is 24.1 Å². The predicted octanol–water partition coefficient (Wildman–Crippen LogP) is 5.06. The fourth-order valence-corrected chi connectivity index (χ4v) is 6.10. The van der Waals surface area contributed by atoms with Crippen LogP contribution in [0.15, 0.2) is 42.5 Å². The van der Waals surface area contributed by atoms with Crippen molar-refractivity contribution in [2.45, 2.75) is 22.5 Å². The monoisotopic (exact) mass is 659 g/mol. The molecule has 9 nitrogen and oxygen atoms in total. The Hall–Kier alpha value is -2.34. The molecule has 13 heteroatoms. The van der Waals surface area contributed by atoms with Crippen LogP contribution in [0.1, 0.15) is 33.6 Å². The van der Waals surface area contributed by atoms with Gasteiger partial charge in [-0.3, -0.25) is 29.3 Å². The van der Waals surface area contributed by atoms with Crippen molar-refractivity contribution in [2.24, 2.45) is 11.8 Å². The van der Waals surface area contributed by atoms with Crippen LogP contribution in [0.25, 0.3) is 0 Å². The number of carbonyl (C=O) groups is 4. The topological polar surface area (TPSA) is 118 Å². The molecule has 0 bridgehead atoms. The van der Waals surface area contributed by atoms with Crippen molar-refractivity contribution in [3.05, 3.63) is 73.8 Å². The number of imide groups is 1. The summed E-state index contributed by atoms with van der Waals surface area (Å²) in [5.74, 6) is -4.09. The van der Waals surface area contributed by atoms with Crippen LogP contribution in [0.5, 0.6) is 0 Å². The molecule has 36 heavy (non-hydrogen) atoms. The summed E-state index contributed by atoms with van der Waals surface area (Å²) >= 11 is 19.2. The molecule has 2 aliphatic rings. The van der Waals surface area contributed by atoms with Crippen molar-refractivity contribution in [1.29, 1.82) is 0 Å². The highest BCUT2D eigenvalue weighted by atomic mass is 79.9. The summed E-state index contributed by atoms with van der Waals surface area (Å²) in [6, 6.07) is 9.05. The summed E-state index contributed by atoms with van der Waals surface area (Å²) < 4.78 is 0. The van der Waals surface area contributed by atoms with Crippen LogP contribution in [0.3, 0.4) is 0 Å². The van der Waals surface area contributed by atoms with E-state index in [1.807, 2.05) is 0 Å². The number of halogens is 4. The minimum Gasteiger partial charge on any atom is -0.292 e. The number of benzene rings is 2. The number of ketones is 1. The summed E-state index contributed by atoms with van der Waals surface area (Å²) in [6.45, 7) is -0.717. The zero-order valence-corrected chi connectivity index (χ0v) is 23.0. The van der Waals surface area contributed by atoms with Crippen LogP contribution in [-0.2, 0) is 9.59 Å². The summed E-state index contributed by atoms with van der Waals surface area (Å²) in [5, 5.41) is 12.9. The van der Waals surface area contributed by atoms with Gasteiger partial charge in [-0.2, -0.15) is 5.01 Å². The van der Waals surface area contributed by atoms with E-state index in [0.29, 0.717) is 12.8 Å². The quantitative estimate of drug-likeness (QED) is 0.140. The Bertz CT molecular complexity index is 1260. The molecule has 0 spiro atoms. The molecule has 0 N–H and O–H groups in total. The molecule has 0 aromatic heterocycles. The number of non-ortho nitro benzene ring substituents is 1. The molecule has 1 aliphatic carbocycles. The van der Waals surface area contributed by atoms with Gasteiger partial charge < -0.3 is 0 Å². The second kappa shape index (κ2) is 10.6. The average molecular weight is 662 g/mol. The van der Waals surface area contributed by atoms with Crippen LogP contribution < -0.4 is 0 Å². The van der Waals surface area contributed by atoms with E-state index in [1.54, 1.807) is 0 Å². The number of nitro benzene ring substituents is 1. The van der Waals surface area contributed by atoms with E-state index in [1.165, 1.54) is 36.4 Å². The minimum atomic E-state index is -0.860. The van der Waals surface area contributed by atoms with Crippen LogP contribution in [-0.4, -0.2) is 54.6 Å². The van der Waals surface area contributed by atoms with Gasteiger partial charge >= 0.3 is 0 Å². The number of amides is 3. The number of hydrogen-bond donors (Lipinski definition) is 0. The Labute approximate surface area is 232 Å². The molecule has 1 saturated carbocycles. The lowest BCUT2D eigenvalue weighted by molar-refractivity contribution is -0.384. The first-order chi connectivity index (χ1) is 17.0. The molecular weight excluding hydrogens is 645 g/mol. The lowest BCUT2D eigenvalue weighted by Crippen LogP contribution is -2.52. The van der Waals surface area contributed by atoms with Crippen LogP contribution in [0, 0.1) is 22.0 Å². The standard InChI is InChI=1S/C23H17Br2Cl2N3O6/c24-17-8-15-16(9-18(17)25)23(34)29(22(15)33)28(21(32)14-5-4-12(26)7-19(14)27)10-20(31)11-2-1-3-13(6-11)30(35)36/h1-7,15-18H,8-10H2/t15-,16-,17+,18+/m1/s1. The van der Waals surface area contributed by atoms with E-state index in [4.69, 9.17) is 23.2 Å². The molecule has 1 heterocycles. The summed E-state index contributed by atoms with van der Waals surface area (Å²) in [6.07, 6.45) is 0.731. The predicted molar refractivity (Wildman–Crippen MR) is 138 cm³/mol. The number of fused-ring (bicyclic) bond motifs is 1. The van der Waals surface area contributed by atoms with Crippen molar-refractivity contribution in [2.75, 3.05) is 6.54 Å². The van der Waals surface area contributed by atoms with E-state index in [0.717, 1.165) is 16.1 Å². The second-order valence-electron chi connectivity index (χ2n) is 8.42. The number of nitrogens with zero attached hydrogens (tertiary/aromatic N) is 3. The van der Waals surface area contributed by atoms with Crippen LogP contribution in [0.4, 0.5) is 5.69 Å². The fraction of sp³-hybridized carbons (Fsp3) is 0.304. The third-order valence-electron chi connectivity index (χ3n) is 6.20. The average Bonchev–Trinajstić information content (AvgIpc) is 3.06. The van der Waals surface area contributed by atoms with Gasteiger partial charge in [0, 0.05) is 32.4 Å². The fourth-order valence-electron chi connectivity index (χ4n) is 4.37. The largest absolute Gasteiger partial charge is 0.292 e. The van der Waals surface area contributed by atoms with E-state index in [9.17, 15) is 29.3 Å². The van der Waals surface area contributed by atoms with Crippen molar-refractivity contribution in [3.8, 4) is 0 Å². The third-order valence-corrected chi connectivity index (χ3v) is 9.48. The smallest absolute Gasteiger partial charge is 0.274 e. The minimum absolute atomic E-state index is 0.0298. The first kappa shape index (κ1) is 26.7. The summed E-state index contributed by atoms with van der Waals surface area (Å²) in [5.41, 5.74) is -0.438. The maximum absolute atomic E-state index is 13.6. The Morgan fingerprint density at radius 3 is 2.19 bits per heavy atom. The third kappa shape index (κ3) is 5.06. The number of carbonyl (C=O) groups excluding carboxylic acids is 4. The van der Waals surface area contributed by atoms with Gasteiger partial charge in [-0.1, -0.05) is 67.2 Å². The van der Waals surface area contributed by atoms with Gasteiger partial charge in [-0.25, -0.2) is 5.01 Å². The number of hydrogen-bond acceptors (Lipinski definition) is 6. The highest BCUT2D eigenvalue weighted by Crippen LogP contribution is 2.44. The first-order valence-electron chi connectivity index (χ1n) is 10.7. The van der Waals surface area contributed by atoms with E-state index in [2.05, 4.69) is 31.9 Å². The molecule has 3 amide bonds. The number of hydrazine groups is 1. The maximum atomic E-state index is 13.6. The number of nitro groups is 1. The van der Waals surface area contributed by atoms with E-state index >= 15 is 0 Å². The van der Waals surface area contributed by atoms with Gasteiger partial charge in [0.1, 0.15) is 6.54 Å².